The molecule has 5 atom stereocenters. The van der Waals surface area contributed by atoms with Crippen molar-refractivity contribution in [1.82, 2.24) is 30.1 Å². The number of anilines is 3. The summed E-state index contributed by atoms with van der Waals surface area (Å²) in [6, 6.07) is 11.0. The lowest BCUT2D eigenvalue weighted by atomic mass is 9.85. The maximum absolute atomic E-state index is 15.3. The largest absolute Gasteiger partial charge is 0.486 e. The van der Waals surface area contributed by atoms with Gasteiger partial charge in [0.15, 0.2) is 6.17 Å². The summed E-state index contributed by atoms with van der Waals surface area (Å²) in [6.07, 6.45) is 3.43. The number of nitriles is 1. The molecule has 4 saturated heterocycles. The zero-order valence-corrected chi connectivity index (χ0v) is 26.9. The van der Waals surface area contributed by atoms with Crippen molar-refractivity contribution >= 4 is 29.1 Å². The molecule has 4 fully saturated rings. The molecule has 2 aromatic rings. The van der Waals surface area contributed by atoms with E-state index in [-0.39, 0.29) is 48.7 Å². The third-order valence-corrected chi connectivity index (χ3v) is 9.96. The van der Waals surface area contributed by atoms with Crippen LogP contribution in [-0.2, 0) is 19.1 Å². The van der Waals surface area contributed by atoms with Crippen molar-refractivity contribution in [2.24, 2.45) is 11.8 Å². The minimum Gasteiger partial charge on any atom is -0.486 e. The minimum atomic E-state index is -1.45. The van der Waals surface area contributed by atoms with E-state index in [2.05, 4.69) is 53.6 Å². The number of carbonyl (C=O) groups excluding carboxylic acids is 2. The number of hydrogen-bond acceptors (Lipinski definition) is 11. The second-order valence-electron chi connectivity index (χ2n) is 13.0. The standard InChI is InChI=1S/C34H40FN9O4/c1-21-14-30(48-29-7-9-44(17-28(29)35)33(46)26-6-8-37-32(26)45)22(16-36)15-27(21)31-38-20-39-34(41-31)40-23-2-4-24(5-3-23)42-10-12-43(13-11-42)25-18-47-19-25/h2-5,14-15,20-21,25-29H,6-13,17-19H2,1H3,(H,37,45)(H,38,39,40,41)/t21?,26?,27?,28-,29+/m1/s1. The average Bonchev–Trinajstić information content (AvgIpc) is 3.51. The Morgan fingerprint density at radius 1 is 1.10 bits per heavy atom. The fourth-order valence-electron chi connectivity index (χ4n) is 6.97. The number of carbonyl (C=O) groups is 2. The SMILES string of the molecule is CC1C=C(O[C@H]2CCN(C(=O)C3CCNC3=O)C[C@H]2F)C(C#N)=CC1c1ncnc(Nc2ccc(N3CCN(C4COC4)CC3)cc2)n1. The molecule has 0 radical (unpaired) electrons. The lowest BCUT2D eigenvalue weighted by molar-refractivity contribution is -0.144. The van der Waals surface area contributed by atoms with Crippen LogP contribution in [0.25, 0.3) is 0 Å². The van der Waals surface area contributed by atoms with Crippen LogP contribution in [0.5, 0.6) is 0 Å². The summed E-state index contributed by atoms with van der Waals surface area (Å²) in [5.41, 5.74) is 2.30. The van der Waals surface area contributed by atoms with E-state index >= 15 is 4.39 Å². The van der Waals surface area contributed by atoms with Crippen LogP contribution in [0.2, 0.25) is 0 Å². The molecule has 2 amide bonds. The Morgan fingerprint density at radius 3 is 2.56 bits per heavy atom. The van der Waals surface area contributed by atoms with Crippen molar-refractivity contribution in [2.45, 2.75) is 44.0 Å². The zero-order chi connectivity index (χ0) is 33.2. The molecule has 1 aromatic carbocycles. The maximum atomic E-state index is 15.3. The molecule has 2 N–H and O–H groups in total. The third-order valence-electron chi connectivity index (χ3n) is 9.96. The van der Waals surface area contributed by atoms with Gasteiger partial charge in [0.1, 0.15) is 36.0 Å². The van der Waals surface area contributed by atoms with Gasteiger partial charge in [-0.25, -0.2) is 14.4 Å². The van der Waals surface area contributed by atoms with Crippen LogP contribution in [0.3, 0.4) is 0 Å². The monoisotopic (exact) mass is 657 g/mol. The third kappa shape index (κ3) is 6.70. The lowest BCUT2D eigenvalue weighted by Crippen LogP contribution is -2.56. The van der Waals surface area contributed by atoms with Gasteiger partial charge in [-0.15, -0.1) is 0 Å². The van der Waals surface area contributed by atoms with Gasteiger partial charge < -0.3 is 29.9 Å². The number of amides is 2. The number of hydrogen-bond donors (Lipinski definition) is 2. The van der Waals surface area contributed by atoms with Gasteiger partial charge in [0.05, 0.1) is 31.4 Å². The van der Waals surface area contributed by atoms with Crippen molar-refractivity contribution in [3.8, 4) is 6.07 Å². The number of rotatable bonds is 8. The predicted molar refractivity (Wildman–Crippen MR) is 174 cm³/mol. The number of nitrogens with zero attached hydrogens (tertiary/aromatic N) is 7. The van der Waals surface area contributed by atoms with Crippen LogP contribution >= 0.6 is 0 Å². The van der Waals surface area contributed by atoms with E-state index in [1.807, 2.05) is 25.1 Å². The van der Waals surface area contributed by atoms with Crippen LogP contribution < -0.4 is 15.5 Å². The minimum absolute atomic E-state index is 0.149. The first-order valence-electron chi connectivity index (χ1n) is 16.7. The molecule has 48 heavy (non-hydrogen) atoms. The maximum Gasteiger partial charge on any atom is 0.235 e. The summed E-state index contributed by atoms with van der Waals surface area (Å²) in [6.45, 7) is 8.27. The summed E-state index contributed by atoms with van der Waals surface area (Å²) in [5.74, 6) is -0.654. The summed E-state index contributed by atoms with van der Waals surface area (Å²) in [5, 5.41) is 15.9. The fourth-order valence-corrected chi connectivity index (χ4v) is 6.97. The molecule has 7 rings (SSSR count). The first-order valence-corrected chi connectivity index (χ1v) is 16.7. The highest BCUT2D eigenvalue weighted by Crippen LogP contribution is 2.36. The van der Waals surface area contributed by atoms with Crippen LogP contribution in [0.4, 0.5) is 21.7 Å². The molecule has 0 bridgehead atoms. The molecule has 14 heteroatoms. The highest BCUT2D eigenvalue weighted by atomic mass is 19.1. The van der Waals surface area contributed by atoms with E-state index in [1.54, 1.807) is 6.08 Å². The zero-order valence-electron chi connectivity index (χ0n) is 26.9. The van der Waals surface area contributed by atoms with Crippen molar-refractivity contribution in [3.05, 3.63) is 59.9 Å². The molecule has 0 saturated carbocycles. The van der Waals surface area contributed by atoms with Crippen molar-refractivity contribution in [2.75, 3.05) is 69.2 Å². The number of piperazine rings is 1. The van der Waals surface area contributed by atoms with Gasteiger partial charge in [-0.1, -0.05) is 13.0 Å². The van der Waals surface area contributed by atoms with Crippen molar-refractivity contribution < 1.29 is 23.5 Å². The molecule has 4 aliphatic heterocycles. The molecule has 13 nitrogen and oxygen atoms in total. The number of ether oxygens (including phenoxy) is 2. The first kappa shape index (κ1) is 32.0. The molecule has 5 heterocycles. The molecule has 3 unspecified atom stereocenters. The molecule has 0 spiro atoms. The Labute approximate surface area is 278 Å². The predicted octanol–water partition coefficient (Wildman–Crippen LogP) is 2.29. The van der Waals surface area contributed by atoms with Gasteiger partial charge in [-0.05, 0) is 42.7 Å². The quantitative estimate of drug-likeness (QED) is 0.403. The molecular weight excluding hydrogens is 617 g/mol. The van der Waals surface area contributed by atoms with E-state index in [0.29, 0.717) is 36.5 Å². The Bertz CT molecular complexity index is 1620. The number of piperidine rings is 1. The summed E-state index contributed by atoms with van der Waals surface area (Å²) in [7, 11) is 0. The Balaban J connectivity index is 0.953. The second-order valence-corrected chi connectivity index (χ2v) is 13.0. The van der Waals surface area contributed by atoms with E-state index in [0.717, 1.165) is 45.1 Å². The molecule has 1 aliphatic carbocycles. The van der Waals surface area contributed by atoms with Crippen LogP contribution in [-0.4, -0.2) is 114 Å². The van der Waals surface area contributed by atoms with Gasteiger partial charge in [-0.2, -0.15) is 10.2 Å². The number of nitrogens with one attached hydrogen (secondary N) is 2. The van der Waals surface area contributed by atoms with E-state index in [4.69, 9.17) is 9.47 Å². The highest BCUT2D eigenvalue weighted by Gasteiger charge is 2.40. The fraction of sp³-hybridized carbons (Fsp3) is 0.529. The number of aromatic nitrogens is 3. The average molecular weight is 658 g/mol. The Morgan fingerprint density at radius 2 is 1.90 bits per heavy atom. The topological polar surface area (TPSA) is 149 Å². The first-order chi connectivity index (χ1) is 23.4. The lowest BCUT2D eigenvalue weighted by Gasteiger charge is -2.43. The number of likely N-dealkylation sites (tertiary alicyclic amines) is 1. The number of alkyl halides is 1. The normalized spacial score (nSPS) is 28.1. The summed E-state index contributed by atoms with van der Waals surface area (Å²) < 4.78 is 26.7. The number of halogens is 1. The van der Waals surface area contributed by atoms with E-state index in [9.17, 15) is 14.9 Å². The Kier molecular flexibility index (Phi) is 9.23. The number of allylic oxidation sites excluding steroid dienone is 3. The molecule has 1 aromatic heterocycles. The van der Waals surface area contributed by atoms with Crippen LogP contribution in [0, 0.1) is 23.2 Å². The highest BCUT2D eigenvalue weighted by molar-refractivity contribution is 6.01. The van der Waals surface area contributed by atoms with Gasteiger partial charge >= 0.3 is 0 Å². The van der Waals surface area contributed by atoms with Gasteiger partial charge in [0, 0.05) is 63.0 Å². The van der Waals surface area contributed by atoms with Crippen molar-refractivity contribution in [3.63, 3.8) is 0 Å². The van der Waals surface area contributed by atoms with Crippen LogP contribution in [0.15, 0.2) is 54.1 Å². The molecular formula is C34H40FN9O4. The van der Waals surface area contributed by atoms with Crippen molar-refractivity contribution in [1.29, 1.82) is 5.26 Å². The second kappa shape index (κ2) is 13.9. The smallest absolute Gasteiger partial charge is 0.235 e. The summed E-state index contributed by atoms with van der Waals surface area (Å²) >= 11 is 0. The van der Waals surface area contributed by atoms with E-state index in [1.165, 1.54) is 16.9 Å². The van der Waals surface area contributed by atoms with Gasteiger partial charge in [0.25, 0.3) is 0 Å². The molecule has 5 aliphatic rings. The summed E-state index contributed by atoms with van der Waals surface area (Å²) in [4.78, 5) is 44.4. The van der Waals surface area contributed by atoms with Crippen LogP contribution in [0.1, 0.15) is 31.5 Å². The molecule has 252 valence electrons. The Hall–Kier alpha value is -4.61. The van der Waals surface area contributed by atoms with Gasteiger partial charge in [0.2, 0.25) is 17.8 Å². The number of benzene rings is 1. The van der Waals surface area contributed by atoms with E-state index < -0.39 is 18.2 Å². The van der Waals surface area contributed by atoms with Gasteiger partial charge in [-0.3, -0.25) is 14.5 Å².